The molecule has 0 saturated heterocycles. The summed E-state index contributed by atoms with van der Waals surface area (Å²) in [5.41, 5.74) is 3.93. The molecule has 7 nitrogen and oxygen atoms in total. The minimum atomic E-state index is -0.742. The Balaban J connectivity index is 1.84. The number of nitrogens with one attached hydrogen (secondary N) is 2. The van der Waals surface area contributed by atoms with Crippen molar-refractivity contribution < 1.29 is 18.7 Å². The van der Waals surface area contributed by atoms with Crippen LogP contribution in [-0.4, -0.2) is 24.2 Å². The molecule has 1 aromatic carbocycles. The zero-order valence-electron chi connectivity index (χ0n) is 18.7. The number of dihydropyridines is 1. The van der Waals surface area contributed by atoms with Crippen molar-refractivity contribution in [2.75, 3.05) is 17.7 Å². The van der Waals surface area contributed by atoms with Crippen LogP contribution in [0.25, 0.3) is 0 Å². The maximum absolute atomic E-state index is 12.8. The summed E-state index contributed by atoms with van der Waals surface area (Å²) in [6.45, 7) is 9.26. The predicted octanol–water partition coefficient (Wildman–Crippen LogP) is 4.69. The third-order valence-electron chi connectivity index (χ3n) is 5.03. The molecule has 170 valence electrons. The van der Waals surface area contributed by atoms with Gasteiger partial charge in [0.25, 0.3) is 0 Å². The number of furan rings is 1. The predicted molar refractivity (Wildman–Crippen MR) is 128 cm³/mol. The van der Waals surface area contributed by atoms with Crippen LogP contribution in [0.4, 0.5) is 5.69 Å². The third kappa shape index (κ3) is 5.57. The van der Waals surface area contributed by atoms with Crippen molar-refractivity contribution in [1.82, 2.24) is 5.32 Å². The highest BCUT2D eigenvalue weighted by Crippen LogP contribution is 2.41. The highest BCUT2D eigenvalue weighted by molar-refractivity contribution is 8.03. The first-order valence-electron chi connectivity index (χ1n) is 10.3. The molecule has 1 aliphatic rings. The molecule has 2 N–H and O–H groups in total. The highest BCUT2D eigenvalue weighted by Gasteiger charge is 2.37. The van der Waals surface area contributed by atoms with Crippen LogP contribution < -0.4 is 10.6 Å². The van der Waals surface area contributed by atoms with Crippen molar-refractivity contribution in [2.45, 2.75) is 26.7 Å². The second-order valence-electron chi connectivity index (χ2n) is 7.51. The lowest BCUT2D eigenvalue weighted by Gasteiger charge is -2.27. The van der Waals surface area contributed by atoms with Gasteiger partial charge in [-0.05, 0) is 44.5 Å². The molecule has 0 spiro atoms. The number of hydrogen-bond donors (Lipinski definition) is 2. The van der Waals surface area contributed by atoms with Gasteiger partial charge in [-0.2, -0.15) is 5.26 Å². The van der Waals surface area contributed by atoms with Crippen LogP contribution in [0.1, 0.15) is 29.7 Å². The lowest BCUT2D eigenvalue weighted by molar-refractivity contribution is -0.138. The van der Waals surface area contributed by atoms with Gasteiger partial charge in [0, 0.05) is 11.4 Å². The number of anilines is 1. The van der Waals surface area contributed by atoms with Crippen LogP contribution in [0.3, 0.4) is 0 Å². The van der Waals surface area contributed by atoms with Gasteiger partial charge in [-0.3, -0.25) is 4.79 Å². The van der Waals surface area contributed by atoms with E-state index in [2.05, 4.69) is 23.3 Å². The Morgan fingerprint density at radius 1 is 1.33 bits per heavy atom. The number of esters is 1. The van der Waals surface area contributed by atoms with Gasteiger partial charge in [0.15, 0.2) is 0 Å². The number of carbonyl (C=O) groups is 2. The fraction of sp³-hybridized carbons (Fsp3) is 0.240. The average molecular weight is 464 g/mol. The van der Waals surface area contributed by atoms with Crippen molar-refractivity contribution in [1.29, 1.82) is 5.26 Å². The maximum Gasteiger partial charge on any atom is 0.337 e. The van der Waals surface area contributed by atoms with Crippen LogP contribution in [0.2, 0.25) is 0 Å². The first-order valence-corrected chi connectivity index (χ1v) is 11.3. The SMILES string of the molecule is C=CCOC(=O)C1=C(C)NC(SCC(=O)Nc2ccc(C)cc2C)=C(C#N)[C@@H]1c1ccco1. The van der Waals surface area contributed by atoms with E-state index in [4.69, 9.17) is 9.15 Å². The number of ether oxygens (including phenoxy) is 1. The van der Waals surface area contributed by atoms with Gasteiger partial charge in [0.1, 0.15) is 12.4 Å². The number of thioether (sulfide) groups is 1. The number of amides is 1. The molecule has 0 saturated carbocycles. The number of hydrogen-bond acceptors (Lipinski definition) is 7. The number of carbonyl (C=O) groups excluding carboxylic acids is 2. The summed E-state index contributed by atoms with van der Waals surface area (Å²) >= 11 is 1.19. The minimum Gasteiger partial charge on any atom is -0.468 e. The number of aryl methyl sites for hydroxylation is 2. The van der Waals surface area contributed by atoms with Crippen molar-refractivity contribution in [2.24, 2.45) is 0 Å². The zero-order valence-corrected chi connectivity index (χ0v) is 19.5. The Morgan fingerprint density at radius 2 is 2.12 bits per heavy atom. The molecule has 1 aliphatic heterocycles. The third-order valence-corrected chi connectivity index (χ3v) is 6.05. The van der Waals surface area contributed by atoms with Crippen LogP contribution in [0.15, 0.2) is 75.5 Å². The van der Waals surface area contributed by atoms with Gasteiger partial charge in [0.05, 0.1) is 40.2 Å². The van der Waals surface area contributed by atoms with Crippen molar-refractivity contribution >= 4 is 29.3 Å². The van der Waals surface area contributed by atoms with E-state index in [-0.39, 0.29) is 29.4 Å². The average Bonchev–Trinajstić information content (AvgIpc) is 3.32. The number of allylic oxidation sites excluding steroid dienone is 2. The Bertz CT molecular complexity index is 1170. The molecule has 0 bridgehead atoms. The van der Waals surface area contributed by atoms with E-state index in [0.29, 0.717) is 16.5 Å². The minimum absolute atomic E-state index is 0.0479. The molecular weight excluding hydrogens is 438 g/mol. The zero-order chi connectivity index (χ0) is 24.0. The van der Waals surface area contributed by atoms with Gasteiger partial charge in [-0.25, -0.2) is 4.79 Å². The first kappa shape index (κ1) is 24.0. The second kappa shape index (κ2) is 10.7. The Hall–Kier alpha value is -3.70. The monoisotopic (exact) mass is 463 g/mol. The molecule has 3 rings (SSSR count). The van der Waals surface area contributed by atoms with Gasteiger partial charge in [-0.15, -0.1) is 0 Å². The number of benzene rings is 1. The summed E-state index contributed by atoms with van der Waals surface area (Å²) < 4.78 is 10.8. The standard InChI is InChI=1S/C25H25N3O4S/c1-5-10-32-25(30)22-17(4)27-24(18(13-26)23(22)20-7-6-11-31-20)33-14-21(29)28-19-9-8-15(2)12-16(19)3/h5-9,11-12,23,27H,1,10,14H2,2-4H3,(H,28,29)/t23-/m1/s1. The van der Waals surface area contributed by atoms with Crippen molar-refractivity contribution in [3.8, 4) is 6.07 Å². The molecule has 33 heavy (non-hydrogen) atoms. The Labute approximate surface area is 197 Å². The summed E-state index contributed by atoms with van der Waals surface area (Å²) in [6.07, 6.45) is 2.96. The van der Waals surface area contributed by atoms with E-state index < -0.39 is 11.9 Å². The first-order chi connectivity index (χ1) is 15.8. The fourth-order valence-corrected chi connectivity index (χ4v) is 4.42. The van der Waals surface area contributed by atoms with E-state index in [1.54, 1.807) is 19.1 Å². The summed E-state index contributed by atoms with van der Waals surface area (Å²) in [7, 11) is 0. The normalized spacial score (nSPS) is 15.5. The lowest BCUT2D eigenvalue weighted by atomic mass is 9.86. The summed E-state index contributed by atoms with van der Waals surface area (Å²) in [6, 6.07) is 11.4. The molecule has 8 heteroatoms. The fourth-order valence-electron chi connectivity index (χ4n) is 3.53. The van der Waals surface area contributed by atoms with Gasteiger partial charge < -0.3 is 19.8 Å². The largest absolute Gasteiger partial charge is 0.468 e. The van der Waals surface area contributed by atoms with E-state index >= 15 is 0 Å². The van der Waals surface area contributed by atoms with E-state index in [0.717, 1.165) is 16.8 Å². The second-order valence-corrected chi connectivity index (χ2v) is 8.49. The Morgan fingerprint density at radius 3 is 2.76 bits per heavy atom. The highest BCUT2D eigenvalue weighted by atomic mass is 32.2. The summed E-state index contributed by atoms with van der Waals surface area (Å²) in [4.78, 5) is 25.3. The van der Waals surface area contributed by atoms with Gasteiger partial charge in [-0.1, -0.05) is 42.1 Å². The van der Waals surface area contributed by atoms with Crippen molar-refractivity contribution in [3.63, 3.8) is 0 Å². The molecule has 1 atom stereocenters. The van der Waals surface area contributed by atoms with Crippen LogP contribution >= 0.6 is 11.8 Å². The smallest absolute Gasteiger partial charge is 0.337 e. The molecule has 0 radical (unpaired) electrons. The molecule has 0 fully saturated rings. The van der Waals surface area contributed by atoms with Crippen LogP contribution in [-0.2, 0) is 14.3 Å². The summed E-state index contributed by atoms with van der Waals surface area (Å²) in [5.74, 6) is -0.990. The maximum atomic E-state index is 12.8. The summed E-state index contributed by atoms with van der Waals surface area (Å²) in [5, 5.41) is 16.5. The quantitative estimate of drug-likeness (QED) is 0.432. The molecule has 1 amide bonds. The molecule has 2 aromatic rings. The van der Waals surface area contributed by atoms with Gasteiger partial charge in [0.2, 0.25) is 5.91 Å². The molecule has 2 heterocycles. The number of nitrogens with zero attached hydrogens (tertiary/aromatic N) is 1. The number of rotatable bonds is 8. The molecule has 1 aromatic heterocycles. The van der Waals surface area contributed by atoms with Gasteiger partial charge >= 0.3 is 5.97 Å². The van der Waals surface area contributed by atoms with Crippen molar-refractivity contribution in [3.05, 3.63) is 88.0 Å². The molecule has 0 aliphatic carbocycles. The molecule has 0 unspecified atom stereocenters. The topological polar surface area (TPSA) is 104 Å². The van der Waals surface area contributed by atoms with Crippen LogP contribution in [0.5, 0.6) is 0 Å². The Kier molecular flexibility index (Phi) is 7.80. The van der Waals surface area contributed by atoms with E-state index in [1.807, 2.05) is 32.0 Å². The van der Waals surface area contributed by atoms with Crippen LogP contribution in [0, 0.1) is 25.2 Å². The van der Waals surface area contributed by atoms with E-state index in [9.17, 15) is 14.9 Å². The van der Waals surface area contributed by atoms with E-state index in [1.165, 1.54) is 24.1 Å². The molecular formula is C25H25N3O4S. The number of nitriles is 1. The lowest BCUT2D eigenvalue weighted by Crippen LogP contribution is -2.29.